The van der Waals surface area contributed by atoms with E-state index in [4.69, 9.17) is 0 Å². The number of sulfonamides is 1. The molecule has 0 aliphatic carbocycles. The summed E-state index contributed by atoms with van der Waals surface area (Å²) < 4.78 is 25.8. The van der Waals surface area contributed by atoms with Crippen molar-refractivity contribution in [2.75, 3.05) is 25.4 Å². The van der Waals surface area contributed by atoms with Crippen molar-refractivity contribution in [3.63, 3.8) is 0 Å². The lowest BCUT2D eigenvalue weighted by Crippen LogP contribution is -2.34. The Bertz CT molecular complexity index is 336. The molecule has 102 valence electrons. The highest BCUT2D eigenvalue weighted by molar-refractivity contribution is 7.89. The van der Waals surface area contributed by atoms with E-state index in [2.05, 4.69) is 33.0 Å². The van der Waals surface area contributed by atoms with E-state index in [1.165, 1.54) is 0 Å². The van der Waals surface area contributed by atoms with Crippen LogP contribution in [-0.2, 0) is 10.0 Å². The van der Waals surface area contributed by atoms with Crippen LogP contribution in [0.3, 0.4) is 0 Å². The Hall–Kier alpha value is -0.130. The molecule has 0 aromatic rings. The molecule has 1 fully saturated rings. The van der Waals surface area contributed by atoms with Crippen LogP contribution in [0.4, 0.5) is 0 Å². The first kappa shape index (κ1) is 14.9. The van der Waals surface area contributed by atoms with Gasteiger partial charge in [-0.15, -0.1) is 0 Å². The fourth-order valence-corrected chi connectivity index (χ4v) is 3.76. The van der Waals surface area contributed by atoms with Gasteiger partial charge in [0.15, 0.2) is 0 Å². The summed E-state index contributed by atoms with van der Waals surface area (Å²) in [7, 11) is -3.04. The summed E-state index contributed by atoms with van der Waals surface area (Å²) >= 11 is 0. The van der Waals surface area contributed by atoms with E-state index in [9.17, 15) is 8.42 Å². The van der Waals surface area contributed by atoms with Gasteiger partial charge in [-0.05, 0) is 24.8 Å². The van der Waals surface area contributed by atoms with Crippen molar-refractivity contribution >= 4 is 10.0 Å². The van der Waals surface area contributed by atoms with Crippen LogP contribution in [0.1, 0.15) is 40.5 Å². The number of nitrogens with one attached hydrogen (secondary N) is 1. The maximum atomic E-state index is 12.1. The van der Waals surface area contributed by atoms with E-state index >= 15 is 0 Å². The second-order valence-electron chi connectivity index (χ2n) is 6.03. The van der Waals surface area contributed by atoms with Gasteiger partial charge < -0.3 is 5.32 Å². The maximum Gasteiger partial charge on any atom is 0.214 e. The van der Waals surface area contributed by atoms with E-state index in [1.807, 2.05) is 0 Å². The zero-order valence-electron chi connectivity index (χ0n) is 11.5. The van der Waals surface area contributed by atoms with Crippen LogP contribution in [0.25, 0.3) is 0 Å². The third-order valence-electron chi connectivity index (χ3n) is 3.17. The van der Waals surface area contributed by atoms with Crippen molar-refractivity contribution in [1.82, 2.24) is 9.62 Å². The number of hydrogen-bond acceptors (Lipinski definition) is 3. The summed E-state index contributed by atoms with van der Waals surface area (Å²) in [6.07, 6.45) is 1.66. The smallest absolute Gasteiger partial charge is 0.214 e. The molecule has 17 heavy (non-hydrogen) atoms. The van der Waals surface area contributed by atoms with Crippen LogP contribution in [0, 0.1) is 5.41 Å². The minimum Gasteiger partial charge on any atom is -0.314 e. The van der Waals surface area contributed by atoms with Crippen LogP contribution >= 0.6 is 0 Å². The molecule has 1 aliphatic heterocycles. The highest BCUT2D eigenvalue weighted by Crippen LogP contribution is 2.30. The lowest BCUT2D eigenvalue weighted by Gasteiger charge is -2.19. The Morgan fingerprint density at radius 1 is 1.35 bits per heavy atom. The van der Waals surface area contributed by atoms with Crippen LogP contribution in [0.15, 0.2) is 0 Å². The van der Waals surface area contributed by atoms with E-state index in [0.29, 0.717) is 25.6 Å². The highest BCUT2D eigenvalue weighted by Gasteiger charge is 2.35. The Kier molecular flexibility index (Phi) is 4.98. The van der Waals surface area contributed by atoms with Gasteiger partial charge in [0.1, 0.15) is 0 Å². The topological polar surface area (TPSA) is 49.4 Å². The molecule has 0 unspecified atom stereocenters. The molecule has 0 radical (unpaired) electrons. The molecule has 1 aliphatic rings. The first-order valence-electron chi connectivity index (χ1n) is 6.44. The Balaban J connectivity index is 2.37. The van der Waals surface area contributed by atoms with Crippen molar-refractivity contribution in [3.8, 4) is 0 Å². The monoisotopic (exact) mass is 262 g/mol. The normalized spacial score (nSPS) is 21.2. The predicted molar refractivity (Wildman–Crippen MR) is 71.5 cm³/mol. The van der Waals surface area contributed by atoms with Crippen LogP contribution in [0.5, 0.6) is 0 Å². The van der Waals surface area contributed by atoms with Crippen molar-refractivity contribution in [3.05, 3.63) is 0 Å². The average molecular weight is 262 g/mol. The van der Waals surface area contributed by atoms with Gasteiger partial charge in [0, 0.05) is 19.1 Å². The van der Waals surface area contributed by atoms with Crippen molar-refractivity contribution < 1.29 is 8.42 Å². The van der Waals surface area contributed by atoms with Gasteiger partial charge in [0.2, 0.25) is 10.0 Å². The fraction of sp³-hybridized carbons (Fsp3) is 1.00. The molecule has 4 nitrogen and oxygen atoms in total. The molecule has 1 N–H and O–H groups in total. The number of nitrogens with zero attached hydrogens (tertiary/aromatic N) is 1. The molecule has 0 saturated carbocycles. The molecule has 0 aromatic carbocycles. The molecular weight excluding hydrogens is 236 g/mol. The molecule has 5 heteroatoms. The molecule has 1 heterocycles. The Morgan fingerprint density at radius 3 is 2.47 bits per heavy atom. The molecule has 0 bridgehead atoms. The van der Waals surface area contributed by atoms with Crippen LogP contribution in [0.2, 0.25) is 0 Å². The van der Waals surface area contributed by atoms with Crippen LogP contribution in [-0.4, -0.2) is 44.2 Å². The van der Waals surface area contributed by atoms with Gasteiger partial charge in [-0.1, -0.05) is 27.7 Å². The van der Waals surface area contributed by atoms with Gasteiger partial charge in [-0.25, -0.2) is 12.7 Å². The Labute approximate surface area is 106 Å². The molecular formula is C12H26N2O2S. The SMILES string of the molecule is CC(C)NCCCS(=O)(=O)N1CCC(C)(C)C1. The summed E-state index contributed by atoms with van der Waals surface area (Å²) in [6, 6.07) is 0.420. The molecule has 1 saturated heterocycles. The minimum absolute atomic E-state index is 0.142. The third kappa shape index (κ3) is 4.94. The van der Waals surface area contributed by atoms with Crippen molar-refractivity contribution in [2.24, 2.45) is 5.41 Å². The fourth-order valence-electron chi connectivity index (χ4n) is 2.07. The number of hydrogen-bond donors (Lipinski definition) is 1. The quantitative estimate of drug-likeness (QED) is 0.737. The number of rotatable bonds is 6. The second kappa shape index (κ2) is 5.67. The molecule has 0 amide bonds. The Morgan fingerprint density at radius 2 is 2.00 bits per heavy atom. The second-order valence-corrected chi connectivity index (χ2v) is 8.11. The lowest BCUT2D eigenvalue weighted by molar-refractivity contribution is 0.375. The van der Waals surface area contributed by atoms with Crippen molar-refractivity contribution in [2.45, 2.75) is 46.6 Å². The predicted octanol–water partition coefficient (Wildman–Crippen LogP) is 1.44. The van der Waals surface area contributed by atoms with Crippen molar-refractivity contribution in [1.29, 1.82) is 0 Å². The van der Waals surface area contributed by atoms with Crippen LogP contribution < -0.4 is 5.32 Å². The van der Waals surface area contributed by atoms with Gasteiger partial charge in [0.05, 0.1) is 5.75 Å². The molecule has 0 spiro atoms. The van der Waals surface area contributed by atoms with E-state index in [-0.39, 0.29) is 11.2 Å². The minimum atomic E-state index is -3.04. The summed E-state index contributed by atoms with van der Waals surface area (Å²) in [4.78, 5) is 0. The molecule has 1 rings (SSSR count). The zero-order chi connectivity index (χ0) is 13.1. The molecule has 0 atom stereocenters. The van der Waals surface area contributed by atoms with Gasteiger partial charge >= 0.3 is 0 Å². The van der Waals surface area contributed by atoms with Gasteiger partial charge in [-0.3, -0.25) is 0 Å². The first-order valence-corrected chi connectivity index (χ1v) is 8.05. The average Bonchev–Trinajstić information content (AvgIpc) is 2.54. The summed E-state index contributed by atoms with van der Waals surface area (Å²) in [6.45, 7) is 10.5. The standard InChI is InChI=1S/C12H26N2O2S/c1-11(2)13-7-5-9-17(15,16)14-8-6-12(3,4)10-14/h11,13H,5-10H2,1-4H3. The van der Waals surface area contributed by atoms with Gasteiger partial charge in [0.25, 0.3) is 0 Å². The molecule has 0 aromatic heterocycles. The first-order chi connectivity index (χ1) is 7.73. The van der Waals surface area contributed by atoms with E-state index < -0.39 is 10.0 Å². The highest BCUT2D eigenvalue weighted by atomic mass is 32.2. The third-order valence-corrected chi connectivity index (χ3v) is 5.07. The van der Waals surface area contributed by atoms with E-state index in [1.54, 1.807) is 4.31 Å². The largest absolute Gasteiger partial charge is 0.314 e. The summed E-state index contributed by atoms with van der Waals surface area (Å²) in [5.74, 6) is 0.267. The lowest BCUT2D eigenvalue weighted by atomic mass is 9.93. The zero-order valence-corrected chi connectivity index (χ0v) is 12.3. The summed E-state index contributed by atoms with van der Waals surface area (Å²) in [5, 5.41) is 3.24. The summed E-state index contributed by atoms with van der Waals surface area (Å²) in [5.41, 5.74) is 0.142. The van der Waals surface area contributed by atoms with Gasteiger partial charge in [-0.2, -0.15) is 0 Å². The maximum absolute atomic E-state index is 12.1. The van der Waals surface area contributed by atoms with E-state index in [0.717, 1.165) is 13.0 Å².